The minimum Gasteiger partial charge on any atom is -0.166 e. The van der Waals surface area contributed by atoms with E-state index in [9.17, 15) is 13.2 Å². The molecule has 0 atom stereocenters. The lowest BCUT2D eigenvalue weighted by atomic mass is 9.96. The second-order valence-electron chi connectivity index (χ2n) is 5.76. The minimum atomic E-state index is -4.27. The first-order valence-corrected chi connectivity index (χ1v) is 8.35. The summed E-state index contributed by atoms with van der Waals surface area (Å²) >= 11 is 0. The van der Waals surface area contributed by atoms with Crippen molar-refractivity contribution in [3.8, 4) is 0 Å². The molecule has 124 valence electrons. The van der Waals surface area contributed by atoms with Crippen molar-refractivity contribution in [2.24, 2.45) is 0 Å². The maximum atomic E-state index is 12.9. The third-order valence-electron chi connectivity index (χ3n) is 3.81. The first-order valence-electron chi connectivity index (χ1n) is 8.35. The van der Waals surface area contributed by atoms with Gasteiger partial charge in [-0.3, -0.25) is 0 Å². The molecule has 0 radical (unpaired) electrons. The van der Waals surface area contributed by atoms with Crippen molar-refractivity contribution in [2.45, 2.75) is 71.4 Å². The zero-order valence-corrected chi connectivity index (χ0v) is 13.7. The Balaban J connectivity index is 2.89. The van der Waals surface area contributed by atoms with E-state index in [1.807, 2.05) is 0 Å². The molecule has 0 spiro atoms. The zero-order chi connectivity index (χ0) is 16.4. The smallest absolute Gasteiger partial charge is 0.166 e. The van der Waals surface area contributed by atoms with Crippen molar-refractivity contribution < 1.29 is 13.2 Å². The Morgan fingerprint density at radius 3 is 2.32 bits per heavy atom. The second kappa shape index (κ2) is 9.70. The summed E-state index contributed by atoms with van der Waals surface area (Å²) in [5.41, 5.74) is 1.23. The number of rotatable bonds is 9. The highest BCUT2D eigenvalue weighted by Crippen LogP contribution is 2.32. The Bertz CT molecular complexity index is 458. The highest BCUT2D eigenvalue weighted by molar-refractivity contribution is 5.66. The lowest BCUT2D eigenvalue weighted by Crippen LogP contribution is -2.05. The van der Waals surface area contributed by atoms with Crippen LogP contribution in [0.2, 0.25) is 0 Å². The normalized spacial score (nSPS) is 12.7. The van der Waals surface area contributed by atoms with Gasteiger partial charge in [-0.05, 0) is 49.0 Å². The second-order valence-corrected chi connectivity index (χ2v) is 5.76. The molecule has 0 amide bonds. The van der Waals surface area contributed by atoms with Gasteiger partial charge in [-0.2, -0.15) is 13.2 Å². The molecule has 0 saturated carbocycles. The SMILES string of the molecule is CCCCC/C=C(\CCCCC)c1cccc(C(F)(F)F)c1. The number of unbranched alkanes of at least 4 members (excludes halogenated alkanes) is 5. The minimum absolute atomic E-state index is 0.556. The summed E-state index contributed by atoms with van der Waals surface area (Å²) in [5.74, 6) is 0. The Labute approximate surface area is 132 Å². The van der Waals surface area contributed by atoms with Gasteiger partial charge in [0, 0.05) is 0 Å². The predicted octanol–water partition coefficient (Wildman–Crippen LogP) is 7.25. The average Bonchev–Trinajstić information content (AvgIpc) is 2.49. The highest BCUT2D eigenvalue weighted by Gasteiger charge is 2.30. The van der Waals surface area contributed by atoms with Crippen LogP contribution in [0.1, 0.15) is 76.3 Å². The number of hydrogen-bond donors (Lipinski definition) is 0. The molecule has 0 bridgehead atoms. The molecule has 1 aromatic rings. The van der Waals surface area contributed by atoms with Crippen molar-refractivity contribution >= 4 is 5.57 Å². The van der Waals surface area contributed by atoms with Crippen LogP contribution in [0.4, 0.5) is 13.2 Å². The Morgan fingerprint density at radius 2 is 1.68 bits per heavy atom. The molecule has 0 aliphatic heterocycles. The van der Waals surface area contributed by atoms with E-state index in [1.54, 1.807) is 6.07 Å². The van der Waals surface area contributed by atoms with E-state index in [4.69, 9.17) is 0 Å². The van der Waals surface area contributed by atoms with E-state index in [0.29, 0.717) is 0 Å². The first-order chi connectivity index (χ1) is 10.5. The van der Waals surface area contributed by atoms with E-state index in [1.165, 1.54) is 18.6 Å². The molecule has 3 heteroatoms. The standard InChI is InChI=1S/C19H27F3/c1-3-5-7-9-12-16(11-8-6-4-2)17-13-10-14-18(15-17)19(20,21)22/h10,12-15H,3-9,11H2,1-2H3/b16-12+. The van der Waals surface area contributed by atoms with E-state index < -0.39 is 11.7 Å². The number of hydrogen-bond acceptors (Lipinski definition) is 0. The molecule has 0 nitrogen and oxygen atoms in total. The molecule has 0 aromatic heterocycles. The maximum Gasteiger partial charge on any atom is 0.416 e. The van der Waals surface area contributed by atoms with Gasteiger partial charge in [0.15, 0.2) is 0 Å². The molecule has 0 N–H and O–H groups in total. The van der Waals surface area contributed by atoms with Crippen LogP contribution in [-0.2, 0) is 6.18 Å². The summed E-state index contributed by atoms with van der Waals surface area (Å²) < 4.78 is 38.6. The summed E-state index contributed by atoms with van der Waals surface area (Å²) in [6, 6.07) is 5.74. The molecular weight excluding hydrogens is 285 g/mol. The quantitative estimate of drug-likeness (QED) is 0.421. The average molecular weight is 312 g/mol. The van der Waals surface area contributed by atoms with Crippen LogP contribution in [0.5, 0.6) is 0 Å². The fourth-order valence-corrected chi connectivity index (χ4v) is 2.50. The van der Waals surface area contributed by atoms with Gasteiger partial charge in [0.25, 0.3) is 0 Å². The molecular formula is C19H27F3. The van der Waals surface area contributed by atoms with Crippen molar-refractivity contribution in [2.75, 3.05) is 0 Å². The van der Waals surface area contributed by atoms with Gasteiger partial charge in [-0.1, -0.05) is 57.7 Å². The topological polar surface area (TPSA) is 0 Å². The third kappa shape index (κ3) is 6.67. The molecule has 0 unspecified atom stereocenters. The van der Waals surface area contributed by atoms with E-state index in [0.717, 1.165) is 62.1 Å². The van der Waals surface area contributed by atoms with Crippen molar-refractivity contribution in [1.29, 1.82) is 0 Å². The largest absolute Gasteiger partial charge is 0.416 e. The van der Waals surface area contributed by atoms with Crippen LogP contribution < -0.4 is 0 Å². The number of halogens is 3. The fourth-order valence-electron chi connectivity index (χ4n) is 2.50. The number of benzene rings is 1. The van der Waals surface area contributed by atoms with Crippen molar-refractivity contribution in [1.82, 2.24) is 0 Å². The molecule has 1 rings (SSSR count). The first kappa shape index (κ1) is 18.8. The number of alkyl halides is 3. The van der Waals surface area contributed by atoms with Crippen LogP contribution in [0.3, 0.4) is 0 Å². The van der Waals surface area contributed by atoms with Crippen LogP contribution >= 0.6 is 0 Å². The maximum absolute atomic E-state index is 12.9. The van der Waals surface area contributed by atoms with Crippen LogP contribution in [0, 0.1) is 0 Å². The van der Waals surface area contributed by atoms with Gasteiger partial charge in [0.1, 0.15) is 0 Å². The fraction of sp³-hybridized carbons (Fsp3) is 0.579. The van der Waals surface area contributed by atoms with Gasteiger partial charge in [-0.15, -0.1) is 0 Å². The molecule has 0 heterocycles. The monoisotopic (exact) mass is 312 g/mol. The summed E-state index contributed by atoms with van der Waals surface area (Å²) in [4.78, 5) is 0. The van der Waals surface area contributed by atoms with E-state index in [2.05, 4.69) is 19.9 Å². The Hall–Kier alpha value is -1.25. The summed E-state index contributed by atoms with van der Waals surface area (Å²) in [6.07, 6.45) is 6.38. The summed E-state index contributed by atoms with van der Waals surface area (Å²) in [7, 11) is 0. The van der Waals surface area contributed by atoms with E-state index in [-0.39, 0.29) is 0 Å². The third-order valence-corrected chi connectivity index (χ3v) is 3.81. The molecule has 0 aliphatic rings. The lowest BCUT2D eigenvalue weighted by molar-refractivity contribution is -0.137. The van der Waals surface area contributed by atoms with Gasteiger partial charge in [0.2, 0.25) is 0 Å². The summed E-state index contributed by atoms with van der Waals surface area (Å²) in [5, 5.41) is 0. The van der Waals surface area contributed by atoms with Gasteiger partial charge in [0.05, 0.1) is 5.56 Å². The zero-order valence-electron chi connectivity index (χ0n) is 13.7. The van der Waals surface area contributed by atoms with Crippen molar-refractivity contribution in [3.05, 3.63) is 41.5 Å². The molecule has 0 aliphatic carbocycles. The van der Waals surface area contributed by atoms with Crippen LogP contribution in [0.15, 0.2) is 30.3 Å². The van der Waals surface area contributed by atoms with Crippen molar-refractivity contribution in [3.63, 3.8) is 0 Å². The highest BCUT2D eigenvalue weighted by atomic mass is 19.4. The van der Waals surface area contributed by atoms with Crippen LogP contribution in [-0.4, -0.2) is 0 Å². The Morgan fingerprint density at radius 1 is 1.00 bits per heavy atom. The molecule has 0 fully saturated rings. The molecule has 0 saturated heterocycles. The molecule has 22 heavy (non-hydrogen) atoms. The number of allylic oxidation sites excluding steroid dienone is 2. The lowest BCUT2D eigenvalue weighted by Gasteiger charge is -2.12. The predicted molar refractivity (Wildman–Crippen MR) is 87.7 cm³/mol. The van der Waals surface area contributed by atoms with E-state index >= 15 is 0 Å². The Kier molecular flexibility index (Phi) is 8.29. The molecule has 1 aromatic carbocycles. The van der Waals surface area contributed by atoms with Crippen LogP contribution in [0.25, 0.3) is 5.57 Å². The van der Waals surface area contributed by atoms with Gasteiger partial charge in [-0.25, -0.2) is 0 Å². The summed E-state index contributed by atoms with van der Waals surface area (Å²) in [6.45, 7) is 4.29. The van der Waals surface area contributed by atoms with Gasteiger partial charge >= 0.3 is 6.18 Å². The van der Waals surface area contributed by atoms with Gasteiger partial charge < -0.3 is 0 Å².